The first-order chi connectivity index (χ1) is 17.9. The molecule has 0 spiro atoms. The van der Waals surface area contributed by atoms with Gasteiger partial charge >= 0.3 is 0 Å². The molecule has 0 bridgehead atoms. The highest BCUT2D eigenvalue weighted by Crippen LogP contribution is 2.44. The van der Waals surface area contributed by atoms with E-state index in [-0.39, 0.29) is 11.3 Å². The molecule has 37 heavy (non-hydrogen) atoms. The average Bonchev–Trinajstić information content (AvgIpc) is 3.19. The summed E-state index contributed by atoms with van der Waals surface area (Å²) < 4.78 is 11.3. The van der Waals surface area contributed by atoms with Gasteiger partial charge in [0.05, 0.1) is 11.6 Å². The zero-order valence-electron chi connectivity index (χ0n) is 21.2. The van der Waals surface area contributed by atoms with Gasteiger partial charge in [-0.2, -0.15) is 0 Å². The molecule has 5 rings (SSSR count). The molecule has 7 heteroatoms. The van der Waals surface area contributed by atoms with E-state index in [4.69, 9.17) is 9.47 Å². The summed E-state index contributed by atoms with van der Waals surface area (Å²) in [6.07, 6.45) is 0. The molecule has 0 radical (unpaired) electrons. The van der Waals surface area contributed by atoms with E-state index in [9.17, 15) is 14.7 Å². The molecule has 7 nitrogen and oxygen atoms in total. The number of carbonyl (C=O) groups excluding carboxylic acids is 2. The Morgan fingerprint density at radius 1 is 0.946 bits per heavy atom. The lowest BCUT2D eigenvalue weighted by atomic mass is 9.92. The van der Waals surface area contributed by atoms with Crippen molar-refractivity contribution >= 4 is 28.8 Å². The Morgan fingerprint density at radius 2 is 1.62 bits per heavy atom. The van der Waals surface area contributed by atoms with Crippen LogP contribution in [0.25, 0.3) is 5.76 Å². The first kappa shape index (κ1) is 24.4. The first-order valence-corrected chi connectivity index (χ1v) is 12.6. The topological polar surface area (TPSA) is 79.3 Å². The highest BCUT2D eigenvalue weighted by molar-refractivity contribution is 6.51. The van der Waals surface area contributed by atoms with E-state index in [0.717, 1.165) is 29.9 Å². The van der Waals surface area contributed by atoms with E-state index >= 15 is 0 Å². The fourth-order valence-corrected chi connectivity index (χ4v) is 5.05. The third-order valence-corrected chi connectivity index (χ3v) is 7.00. The van der Waals surface area contributed by atoms with Gasteiger partial charge in [0.25, 0.3) is 11.7 Å². The van der Waals surface area contributed by atoms with Crippen LogP contribution in [0.1, 0.15) is 36.6 Å². The molecule has 2 aliphatic heterocycles. The lowest BCUT2D eigenvalue weighted by Gasteiger charge is -2.28. The first-order valence-electron chi connectivity index (χ1n) is 12.6. The number of nitrogens with zero attached hydrogens (tertiary/aromatic N) is 2. The number of rotatable bonds is 6. The molecular formula is C30H30N2O5. The van der Waals surface area contributed by atoms with E-state index in [2.05, 4.69) is 18.7 Å². The predicted octanol–water partition coefficient (Wildman–Crippen LogP) is 5.24. The summed E-state index contributed by atoms with van der Waals surface area (Å²) in [5.74, 6) is -0.585. The van der Waals surface area contributed by atoms with Gasteiger partial charge in [-0.25, -0.2) is 0 Å². The number of aliphatic hydroxyl groups is 1. The van der Waals surface area contributed by atoms with E-state index in [1.54, 1.807) is 18.2 Å². The number of aliphatic hydroxyl groups excluding tert-OH is 1. The molecule has 0 saturated carbocycles. The zero-order valence-corrected chi connectivity index (χ0v) is 21.2. The molecule has 0 aliphatic carbocycles. The van der Waals surface area contributed by atoms with Crippen molar-refractivity contribution in [2.24, 2.45) is 0 Å². The van der Waals surface area contributed by atoms with Crippen LogP contribution < -0.4 is 19.3 Å². The van der Waals surface area contributed by atoms with Crippen LogP contribution in [0.4, 0.5) is 11.4 Å². The van der Waals surface area contributed by atoms with Crippen LogP contribution in [0.15, 0.2) is 72.3 Å². The van der Waals surface area contributed by atoms with Crippen LogP contribution in [0.3, 0.4) is 0 Å². The summed E-state index contributed by atoms with van der Waals surface area (Å²) in [5.41, 5.74) is 3.74. The Kier molecular flexibility index (Phi) is 6.61. The van der Waals surface area contributed by atoms with Crippen molar-refractivity contribution in [3.8, 4) is 11.5 Å². The van der Waals surface area contributed by atoms with Gasteiger partial charge in [-0.1, -0.05) is 24.3 Å². The van der Waals surface area contributed by atoms with Crippen molar-refractivity contribution in [1.82, 2.24) is 0 Å². The standard InChI is InChI=1S/C30H30N2O5/c1-4-31(5-2)21-11-13-22(14-12-21)32-27(23-9-7-6-8-19(23)3)26(29(34)30(32)35)28(33)20-10-15-24-25(18-20)37-17-16-36-24/h6-15,18,27,33H,4-5,16-17H2,1-3H3/b28-26+. The maximum Gasteiger partial charge on any atom is 0.300 e. The van der Waals surface area contributed by atoms with E-state index in [1.165, 1.54) is 4.90 Å². The molecule has 1 fully saturated rings. The van der Waals surface area contributed by atoms with Gasteiger partial charge in [0.15, 0.2) is 11.5 Å². The van der Waals surface area contributed by atoms with Crippen molar-refractivity contribution in [1.29, 1.82) is 0 Å². The summed E-state index contributed by atoms with van der Waals surface area (Å²) in [5, 5.41) is 11.5. The Labute approximate surface area is 216 Å². The lowest BCUT2D eigenvalue weighted by Crippen LogP contribution is -2.30. The summed E-state index contributed by atoms with van der Waals surface area (Å²) in [6, 6.07) is 19.5. The molecule has 1 amide bonds. The average molecular weight is 499 g/mol. The third-order valence-electron chi connectivity index (χ3n) is 7.00. The van der Waals surface area contributed by atoms with Gasteiger partial charge in [-0.15, -0.1) is 0 Å². The number of anilines is 2. The Morgan fingerprint density at radius 3 is 2.30 bits per heavy atom. The molecule has 3 aromatic carbocycles. The number of ketones is 1. The van der Waals surface area contributed by atoms with Crippen molar-refractivity contribution in [2.45, 2.75) is 26.8 Å². The molecule has 190 valence electrons. The molecule has 2 heterocycles. The number of ether oxygens (including phenoxy) is 2. The smallest absolute Gasteiger partial charge is 0.300 e. The largest absolute Gasteiger partial charge is 0.507 e. The van der Waals surface area contributed by atoms with Crippen LogP contribution in [-0.2, 0) is 9.59 Å². The van der Waals surface area contributed by atoms with E-state index < -0.39 is 17.7 Å². The fraction of sp³-hybridized carbons (Fsp3) is 0.267. The van der Waals surface area contributed by atoms with Crippen molar-refractivity contribution in [3.05, 3.63) is 89.0 Å². The quantitative estimate of drug-likeness (QED) is 0.285. The third kappa shape index (κ3) is 4.31. The van der Waals surface area contributed by atoms with Gasteiger partial charge < -0.3 is 19.5 Å². The number of benzene rings is 3. The van der Waals surface area contributed by atoms with Crippen LogP contribution in [0.2, 0.25) is 0 Å². The maximum atomic E-state index is 13.5. The fourth-order valence-electron chi connectivity index (χ4n) is 5.05. The number of aryl methyl sites for hydroxylation is 1. The minimum atomic E-state index is -0.784. The van der Waals surface area contributed by atoms with Gasteiger partial charge in [0, 0.05) is 30.0 Å². The summed E-state index contributed by atoms with van der Waals surface area (Å²) in [7, 11) is 0. The molecule has 1 unspecified atom stereocenters. The Bertz CT molecular complexity index is 1370. The monoisotopic (exact) mass is 498 g/mol. The molecule has 1 atom stereocenters. The van der Waals surface area contributed by atoms with E-state index in [1.807, 2.05) is 55.5 Å². The molecule has 0 aromatic heterocycles. The second-order valence-corrected chi connectivity index (χ2v) is 9.07. The van der Waals surface area contributed by atoms with Gasteiger partial charge in [0.2, 0.25) is 0 Å². The number of carbonyl (C=O) groups is 2. The minimum Gasteiger partial charge on any atom is -0.507 e. The van der Waals surface area contributed by atoms with Gasteiger partial charge in [-0.05, 0) is 74.4 Å². The van der Waals surface area contributed by atoms with Crippen molar-refractivity contribution in [3.63, 3.8) is 0 Å². The van der Waals surface area contributed by atoms with Crippen molar-refractivity contribution in [2.75, 3.05) is 36.1 Å². The van der Waals surface area contributed by atoms with Crippen LogP contribution in [-0.4, -0.2) is 43.1 Å². The van der Waals surface area contributed by atoms with Crippen LogP contribution in [0, 0.1) is 6.92 Å². The van der Waals surface area contributed by atoms with Gasteiger partial charge in [0.1, 0.15) is 19.0 Å². The van der Waals surface area contributed by atoms with E-state index in [0.29, 0.717) is 36.0 Å². The number of hydrogen-bond acceptors (Lipinski definition) is 6. The molecule has 2 aliphatic rings. The molecular weight excluding hydrogens is 468 g/mol. The SMILES string of the molecule is CCN(CC)c1ccc(N2C(=O)C(=O)/C(=C(/O)c3ccc4c(c3)OCCO4)C2c2ccccc2C)cc1. The van der Waals surface area contributed by atoms with Crippen LogP contribution >= 0.6 is 0 Å². The summed E-state index contributed by atoms with van der Waals surface area (Å²) in [6.45, 7) is 8.68. The minimum absolute atomic E-state index is 0.0452. The number of fused-ring (bicyclic) bond motifs is 1. The highest BCUT2D eigenvalue weighted by Gasteiger charge is 2.47. The summed E-state index contributed by atoms with van der Waals surface area (Å²) in [4.78, 5) is 30.7. The van der Waals surface area contributed by atoms with Gasteiger partial charge in [-0.3, -0.25) is 14.5 Å². The zero-order chi connectivity index (χ0) is 26.1. The number of amides is 1. The van der Waals surface area contributed by atoms with Crippen LogP contribution in [0.5, 0.6) is 11.5 Å². The predicted molar refractivity (Wildman–Crippen MR) is 143 cm³/mol. The lowest BCUT2D eigenvalue weighted by molar-refractivity contribution is -0.132. The molecule has 1 N–H and O–H groups in total. The molecule has 1 saturated heterocycles. The van der Waals surface area contributed by atoms with Crippen molar-refractivity contribution < 1.29 is 24.2 Å². The normalized spacial score (nSPS) is 18.2. The second-order valence-electron chi connectivity index (χ2n) is 9.07. The number of Topliss-reactive ketones (excluding diaryl/α,β-unsaturated/α-hetero) is 1. The second kappa shape index (κ2) is 10.0. The highest BCUT2D eigenvalue weighted by atomic mass is 16.6. The molecule has 3 aromatic rings. The number of hydrogen-bond donors (Lipinski definition) is 1. The Hall–Kier alpha value is -4.26. The summed E-state index contributed by atoms with van der Waals surface area (Å²) >= 11 is 0. The maximum absolute atomic E-state index is 13.5. The Balaban J connectivity index is 1.65.